The van der Waals surface area contributed by atoms with E-state index in [1.54, 1.807) is 0 Å². The van der Waals surface area contributed by atoms with Crippen LogP contribution in [0, 0.1) is 0 Å². The standard InChI is InChI=1S/C6H13NOSi/c7-4-1-5(8)3-6(9)2-4/h4,6H,1-3,7H2,9H3. The molecule has 2 N–H and O–H groups in total. The monoisotopic (exact) mass is 143 g/mol. The zero-order chi connectivity index (χ0) is 6.85. The highest BCUT2D eigenvalue weighted by atomic mass is 28.1. The Morgan fingerprint density at radius 3 is 2.67 bits per heavy atom. The van der Waals surface area contributed by atoms with Gasteiger partial charge in [0.1, 0.15) is 5.78 Å². The molecule has 0 radical (unpaired) electrons. The molecule has 0 saturated heterocycles. The SMILES string of the molecule is NC1CC(=O)CC([SiH3])C1. The largest absolute Gasteiger partial charge is 0.327 e. The van der Waals surface area contributed by atoms with Crippen LogP contribution in [0.5, 0.6) is 0 Å². The second-order valence-electron chi connectivity index (χ2n) is 3.05. The van der Waals surface area contributed by atoms with Crippen molar-refractivity contribution in [1.29, 1.82) is 0 Å². The van der Waals surface area contributed by atoms with Gasteiger partial charge in [-0.25, -0.2) is 0 Å². The maximum absolute atomic E-state index is 10.8. The van der Waals surface area contributed by atoms with Gasteiger partial charge in [0, 0.05) is 29.1 Å². The maximum Gasteiger partial charge on any atom is 0.134 e. The van der Waals surface area contributed by atoms with Gasteiger partial charge >= 0.3 is 0 Å². The van der Waals surface area contributed by atoms with Crippen molar-refractivity contribution in [1.82, 2.24) is 0 Å². The van der Waals surface area contributed by atoms with Crippen molar-refractivity contribution in [2.45, 2.75) is 30.8 Å². The summed E-state index contributed by atoms with van der Waals surface area (Å²) < 4.78 is 0. The molecule has 3 heteroatoms. The van der Waals surface area contributed by atoms with Gasteiger partial charge in [-0.1, -0.05) is 0 Å². The molecule has 0 aromatic rings. The molecular weight excluding hydrogens is 130 g/mol. The van der Waals surface area contributed by atoms with Crippen molar-refractivity contribution in [3.8, 4) is 0 Å². The van der Waals surface area contributed by atoms with Gasteiger partial charge in [0.05, 0.1) is 0 Å². The van der Waals surface area contributed by atoms with Gasteiger partial charge in [0.25, 0.3) is 0 Å². The van der Waals surface area contributed by atoms with Crippen molar-refractivity contribution in [3.63, 3.8) is 0 Å². The van der Waals surface area contributed by atoms with Gasteiger partial charge in [0.15, 0.2) is 0 Å². The van der Waals surface area contributed by atoms with Crippen LogP contribution >= 0.6 is 0 Å². The normalized spacial score (nSPS) is 37.2. The molecule has 1 aliphatic rings. The molecule has 0 aromatic heterocycles. The van der Waals surface area contributed by atoms with Crippen molar-refractivity contribution in [3.05, 3.63) is 0 Å². The van der Waals surface area contributed by atoms with Crippen molar-refractivity contribution in [2.24, 2.45) is 5.73 Å². The lowest BCUT2D eigenvalue weighted by Gasteiger charge is -2.21. The fourth-order valence-electron chi connectivity index (χ4n) is 1.45. The molecule has 1 fully saturated rings. The zero-order valence-corrected chi connectivity index (χ0v) is 7.76. The van der Waals surface area contributed by atoms with Gasteiger partial charge in [-0.05, 0) is 12.0 Å². The van der Waals surface area contributed by atoms with Crippen LogP contribution in [-0.4, -0.2) is 22.1 Å². The molecule has 1 rings (SSSR count). The molecule has 2 unspecified atom stereocenters. The molecule has 0 heterocycles. The van der Waals surface area contributed by atoms with E-state index >= 15 is 0 Å². The Kier molecular flexibility index (Phi) is 2.03. The maximum atomic E-state index is 10.8. The number of nitrogens with two attached hydrogens (primary N) is 1. The van der Waals surface area contributed by atoms with E-state index in [1.807, 2.05) is 0 Å². The number of hydrogen-bond acceptors (Lipinski definition) is 2. The quantitative estimate of drug-likeness (QED) is 0.452. The molecule has 0 bridgehead atoms. The topological polar surface area (TPSA) is 43.1 Å². The Hall–Kier alpha value is -0.153. The Bertz CT molecular complexity index is 114. The van der Waals surface area contributed by atoms with E-state index in [-0.39, 0.29) is 6.04 Å². The molecule has 0 aromatic carbocycles. The highest BCUT2D eigenvalue weighted by Gasteiger charge is 2.20. The molecule has 9 heavy (non-hydrogen) atoms. The molecule has 2 nitrogen and oxygen atoms in total. The Morgan fingerprint density at radius 1 is 1.56 bits per heavy atom. The second kappa shape index (κ2) is 2.62. The molecule has 2 atom stereocenters. The first-order valence-electron chi connectivity index (χ1n) is 3.45. The first kappa shape index (κ1) is 6.96. The minimum absolute atomic E-state index is 0.175. The van der Waals surface area contributed by atoms with Crippen molar-refractivity contribution < 1.29 is 4.79 Å². The summed E-state index contributed by atoms with van der Waals surface area (Å²) in [5, 5.41) is 0. The van der Waals surface area contributed by atoms with Crippen molar-refractivity contribution >= 4 is 16.0 Å². The number of hydrogen-bond donors (Lipinski definition) is 1. The predicted molar refractivity (Wildman–Crippen MR) is 40.5 cm³/mol. The molecule has 1 saturated carbocycles. The summed E-state index contributed by atoms with van der Waals surface area (Å²) in [4.78, 5) is 10.8. The predicted octanol–water partition coefficient (Wildman–Crippen LogP) is -0.779. The van der Waals surface area contributed by atoms with E-state index in [0.717, 1.165) is 23.1 Å². The molecular formula is C6H13NOSi. The molecule has 0 amide bonds. The number of Topliss-reactive ketones (excluding diaryl/α,β-unsaturated/α-hetero) is 1. The number of ketones is 1. The van der Waals surface area contributed by atoms with Crippen molar-refractivity contribution in [2.75, 3.05) is 0 Å². The molecule has 0 spiro atoms. The zero-order valence-electron chi connectivity index (χ0n) is 5.76. The summed E-state index contributed by atoms with van der Waals surface area (Å²) in [6, 6.07) is 0.175. The third-order valence-corrected chi connectivity index (χ3v) is 2.65. The average molecular weight is 143 g/mol. The first-order valence-corrected chi connectivity index (χ1v) is 4.61. The molecule has 52 valence electrons. The highest BCUT2D eigenvalue weighted by Crippen LogP contribution is 2.21. The average Bonchev–Trinajstić information content (AvgIpc) is 1.59. The van der Waals surface area contributed by atoms with E-state index in [4.69, 9.17) is 5.73 Å². The van der Waals surface area contributed by atoms with E-state index in [2.05, 4.69) is 0 Å². The van der Waals surface area contributed by atoms with Gasteiger partial charge in [-0.3, -0.25) is 4.79 Å². The van der Waals surface area contributed by atoms with Gasteiger partial charge in [-0.2, -0.15) is 0 Å². The van der Waals surface area contributed by atoms with Crippen LogP contribution in [-0.2, 0) is 4.79 Å². The van der Waals surface area contributed by atoms with Crippen LogP contribution in [0.1, 0.15) is 19.3 Å². The lowest BCUT2D eigenvalue weighted by atomic mass is 9.94. The van der Waals surface area contributed by atoms with E-state index in [9.17, 15) is 4.79 Å². The van der Waals surface area contributed by atoms with Crippen LogP contribution in [0.25, 0.3) is 0 Å². The van der Waals surface area contributed by atoms with Crippen LogP contribution in [0.15, 0.2) is 0 Å². The van der Waals surface area contributed by atoms with Gasteiger partial charge in [0.2, 0.25) is 0 Å². The van der Waals surface area contributed by atoms with Crippen LogP contribution in [0.2, 0.25) is 5.54 Å². The van der Waals surface area contributed by atoms with Gasteiger partial charge < -0.3 is 5.73 Å². The summed E-state index contributed by atoms with van der Waals surface area (Å²) in [5.74, 6) is 0.369. The van der Waals surface area contributed by atoms with Crippen LogP contribution < -0.4 is 5.73 Å². The summed E-state index contributed by atoms with van der Waals surface area (Å²) in [7, 11) is 1.13. The summed E-state index contributed by atoms with van der Waals surface area (Å²) in [6.07, 6.45) is 2.51. The van der Waals surface area contributed by atoms with E-state index < -0.39 is 0 Å². The number of carbonyl (C=O) groups excluding carboxylic acids is 1. The van der Waals surface area contributed by atoms with Crippen LogP contribution in [0.4, 0.5) is 0 Å². The summed E-state index contributed by atoms with van der Waals surface area (Å²) in [5.41, 5.74) is 6.27. The number of rotatable bonds is 0. The molecule has 0 aliphatic heterocycles. The van der Waals surface area contributed by atoms with E-state index in [0.29, 0.717) is 17.7 Å². The van der Waals surface area contributed by atoms with E-state index in [1.165, 1.54) is 0 Å². The summed E-state index contributed by atoms with van der Waals surface area (Å²) >= 11 is 0. The van der Waals surface area contributed by atoms with Crippen LogP contribution in [0.3, 0.4) is 0 Å². The smallest absolute Gasteiger partial charge is 0.134 e. The minimum Gasteiger partial charge on any atom is -0.327 e. The summed E-state index contributed by atoms with van der Waals surface area (Å²) in [6.45, 7) is 0. The lowest BCUT2D eigenvalue weighted by Crippen LogP contribution is -2.30. The Morgan fingerprint density at radius 2 is 2.22 bits per heavy atom. The Labute approximate surface area is 58.2 Å². The molecule has 1 aliphatic carbocycles. The second-order valence-corrected chi connectivity index (χ2v) is 4.68. The fraction of sp³-hybridized carbons (Fsp3) is 0.833. The first-order chi connectivity index (χ1) is 4.18. The fourth-order valence-corrected chi connectivity index (χ4v) is 2.51. The Balaban J connectivity index is 2.43. The third kappa shape index (κ3) is 1.91. The van der Waals surface area contributed by atoms with Gasteiger partial charge in [-0.15, -0.1) is 0 Å². The third-order valence-electron chi connectivity index (χ3n) is 1.77. The number of carbonyl (C=O) groups is 1. The highest BCUT2D eigenvalue weighted by molar-refractivity contribution is 6.13. The lowest BCUT2D eigenvalue weighted by molar-refractivity contribution is -0.120. The minimum atomic E-state index is 0.175.